The second-order valence-corrected chi connectivity index (χ2v) is 5.90. The highest BCUT2D eigenvalue weighted by Gasteiger charge is 2.19. The van der Waals surface area contributed by atoms with Gasteiger partial charge in [-0.1, -0.05) is 18.2 Å². The minimum absolute atomic E-state index is 0.369. The van der Waals surface area contributed by atoms with Crippen LogP contribution in [0.25, 0.3) is 0 Å². The number of ether oxygens (including phenoxy) is 1. The number of carbonyl (C=O) groups is 2. The molecule has 9 heteroatoms. The van der Waals surface area contributed by atoms with Crippen molar-refractivity contribution >= 4 is 12.1 Å². The Morgan fingerprint density at radius 1 is 1.04 bits per heavy atom. The molecule has 0 saturated heterocycles. The van der Waals surface area contributed by atoms with E-state index in [0.717, 1.165) is 0 Å². The van der Waals surface area contributed by atoms with E-state index in [4.69, 9.17) is 4.74 Å². The van der Waals surface area contributed by atoms with Gasteiger partial charge in [0.05, 0.1) is 0 Å². The van der Waals surface area contributed by atoms with Gasteiger partial charge in [-0.15, -0.1) is 0 Å². The van der Waals surface area contributed by atoms with Crippen LogP contribution in [0, 0.1) is 0 Å². The van der Waals surface area contributed by atoms with E-state index in [-0.39, 0.29) is 12.1 Å². The van der Waals surface area contributed by atoms with E-state index in [1.807, 2.05) is 32.0 Å². The van der Waals surface area contributed by atoms with E-state index < -0.39 is 18.5 Å². The number of carbonyl (C=O) groups excluding carboxylic acids is 2. The smallest absolute Gasteiger partial charge is 0.316 e. The van der Waals surface area contributed by atoms with Crippen LogP contribution in [0.5, 0.6) is 5.75 Å². The van der Waals surface area contributed by atoms with Gasteiger partial charge >= 0.3 is 12.1 Å². The molecule has 1 rings (SSSR count). The number of aliphatic hydroxyl groups excluding tert-OH is 1. The lowest BCUT2D eigenvalue weighted by molar-refractivity contribution is 0.0265. The summed E-state index contributed by atoms with van der Waals surface area (Å²) in [6.45, 7) is 6.59. The van der Waals surface area contributed by atoms with Crippen LogP contribution in [0.1, 0.15) is 27.2 Å². The molecule has 152 valence electrons. The third kappa shape index (κ3) is 9.66. The van der Waals surface area contributed by atoms with E-state index in [2.05, 4.69) is 26.6 Å². The lowest BCUT2D eigenvalue weighted by atomic mass is 10.3. The molecule has 0 aliphatic heterocycles. The fraction of sp³-hybridized carbons (Fsp3) is 0.556. The monoisotopic (exact) mass is 381 g/mol. The second kappa shape index (κ2) is 12.8. The normalized spacial score (nSPS) is 12.8. The van der Waals surface area contributed by atoms with Gasteiger partial charge in [0.25, 0.3) is 0 Å². The van der Waals surface area contributed by atoms with Gasteiger partial charge in [0.15, 0.2) is 6.23 Å². The predicted octanol–water partition coefficient (Wildman–Crippen LogP) is 0.716. The van der Waals surface area contributed by atoms with Gasteiger partial charge in [-0.25, -0.2) is 9.59 Å². The largest absolute Gasteiger partial charge is 0.473 e. The maximum Gasteiger partial charge on any atom is 0.316 e. The maximum absolute atomic E-state index is 11.8. The van der Waals surface area contributed by atoms with Crippen molar-refractivity contribution in [2.75, 3.05) is 19.6 Å². The number of para-hydroxylation sites is 1. The number of urea groups is 2. The first-order chi connectivity index (χ1) is 13.0. The van der Waals surface area contributed by atoms with Crippen molar-refractivity contribution in [3.05, 3.63) is 30.3 Å². The summed E-state index contributed by atoms with van der Waals surface area (Å²) in [5.74, 6) is 0.633. The van der Waals surface area contributed by atoms with Crippen LogP contribution >= 0.6 is 0 Å². The lowest BCUT2D eigenvalue weighted by Crippen LogP contribution is -2.55. The van der Waals surface area contributed by atoms with Gasteiger partial charge in [-0.05, 0) is 39.3 Å². The molecule has 0 fully saturated rings. The predicted molar refractivity (Wildman–Crippen MR) is 103 cm³/mol. The molecule has 0 saturated carbocycles. The van der Waals surface area contributed by atoms with Crippen molar-refractivity contribution in [1.29, 1.82) is 0 Å². The third-order valence-electron chi connectivity index (χ3n) is 3.51. The van der Waals surface area contributed by atoms with Crippen LogP contribution in [-0.4, -0.2) is 55.3 Å². The molecule has 0 spiro atoms. The second-order valence-electron chi connectivity index (χ2n) is 5.90. The zero-order valence-electron chi connectivity index (χ0n) is 16.1. The molecular formula is C18H31N5O4. The van der Waals surface area contributed by atoms with Gasteiger partial charge in [0.2, 0.25) is 0 Å². The van der Waals surface area contributed by atoms with Gasteiger partial charge in [-0.2, -0.15) is 0 Å². The molecule has 27 heavy (non-hydrogen) atoms. The molecule has 0 aromatic heterocycles. The Hall–Kier alpha value is -2.52. The fourth-order valence-electron chi connectivity index (χ4n) is 2.25. The van der Waals surface area contributed by atoms with Crippen LogP contribution in [0.15, 0.2) is 30.3 Å². The lowest BCUT2D eigenvalue weighted by Gasteiger charge is -2.25. The van der Waals surface area contributed by atoms with Gasteiger partial charge < -0.3 is 31.1 Å². The van der Waals surface area contributed by atoms with E-state index >= 15 is 0 Å². The number of amides is 4. The van der Waals surface area contributed by atoms with Crippen molar-refractivity contribution in [3.63, 3.8) is 0 Å². The number of aliphatic hydroxyl groups is 1. The molecule has 0 aliphatic rings. The topological polar surface area (TPSA) is 124 Å². The Bertz CT molecular complexity index is 536. The van der Waals surface area contributed by atoms with Crippen LogP contribution < -0.4 is 31.3 Å². The number of nitrogens with one attached hydrogen (secondary N) is 5. The van der Waals surface area contributed by atoms with Crippen molar-refractivity contribution in [1.82, 2.24) is 26.6 Å². The summed E-state index contributed by atoms with van der Waals surface area (Å²) >= 11 is 0. The summed E-state index contributed by atoms with van der Waals surface area (Å²) in [5.41, 5.74) is 0. The van der Waals surface area contributed by atoms with Gasteiger partial charge in [0, 0.05) is 19.6 Å². The zero-order valence-corrected chi connectivity index (χ0v) is 16.1. The summed E-state index contributed by atoms with van der Waals surface area (Å²) in [5, 5.41) is 23.7. The molecule has 0 heterocycles. The Kier molecular flexibility index (Phi) is 10.7. The van der Waals surface area contributed by atoms with Gasteiger partial charge in [-0.3, -0.25) is 5.32 Å². The minimum Gasteiger partial charge on any atom is -0.473 e. The summed E-state index contributed by atoms with van der Waals surface area (Å²) < 4.78 is 5.74. The highest BCUT2D eigenvalue weighted by Crippen LogP contribution is 2.11. The number of hydrogen-bond acceptors (Lipinski definition) is 5. The molecule has 4 amide bonds. The van der Waals surface area contributed by atoms with Gasteiger partial charge in [0.1, 0.15) is 18.0 Å². The van der Waals surface area contributed by atoms with Crippen molar-refractivity contribution in [3.8, 4) is 5.75 Å². The molecule has 0 radical (unpaired) electrons. The standard InChI is InChI=1S/C18H31N5O4/c1-4-19-17(25)22-15(23-18(26)20-5-2)11-12-21-16(13(3)24)27-14-9-7-6-8-10-14/h6-10,13,15-16,21,24H,4-5,11-12H2,1-3H3,(H2,19,22,25)(H2,20,23,26). The summed E-state index contributed by atoms with van der Waals surface area (Å²) in [4.78, 5) is 23.5. The van der Waals surface area contributed by atoms with Crippen molar-refractivity contribution in [2.45, 2.75) is 45.7 Å². The Morgan fingerprint density at radius 3 is 2.07 bits per heavy atom. The fourth-order valence-corrected chi connectivity index (χ4v) is 2.25. The first-order valence-electron chi connectivity index (χ1n) is 9.18. The first kappa shape index (κ1) is 22.5. The Labute approximate surface area is 160 Å². The minimum atomic E-state index is -0.753. The summed E-state index contributed by atoms with van der Waals surface area (Å²) in [6, 6.07) is 8.43. The molecule has 1 aromatic carbocycles. The zero-order chi connectivity index (χ0) is 20.1. The Balaban J connectivity index is 2.57. The molecule has 1 aromatic rings. The quantitative estimate of drug-likeness (QED) is 0.315. The highest BCUT2D eigenvalue weighted by molar-refractivity contribution is 5.77. The number of hydrogen-bond donors (Lipinski definition) is 6. The summed E-state index contributed by atoms with van der Waals surface area (Å²) in [7, 11) is 0. The van der Waals surface area contributed by atoms with Crippen LogP contribution in [0.3, 0.4) is 0 Å². The number of rotatable bonds is 11. The SMILES string of the molecule is CCNC(=O)NC(CCNC(Oc1ccccc1)C(C)O)NC(=O)NCC. The van der Waals surface area contributed by atoms with Crippen LogP contribution in [0.4, 0.5) is 9.59 Å². The van der Waals surface area contributed by atoms with Crippen LogP contribution in [0.2, 0.25) is 0 Å². The van der Waals surface area contributed by atoms with E-state index in [0.29, 0.717) is 31.8 Å². The molecule has 9 nitrogen and oxygen atoms in total. The highest BCUT2D eigenvalue weighted by atomic mass is 16.5. The van der Waals surface area contributed by atoms with Crippen molar-refractivity contribution in [2.24, 2.45) is 0 Å². The molecule has 0 aliphatic carbocycles. The maximum atomic E-state index is 11.8. The molecule has 0 bridgehead atoms. The molecule has 2 unspecified atom stereocenters. The van der Waals surface area contributed by atoms with E-state index in [1.165, 1.54) is 0 Å². The molecule has 6 N–H and O–H groups in total. The summed E-state index contributed by atoms with van der Waals surface area (Å²) in [6.07, 6.45) is -1.56. The average Bonchev–Trinajstić information content (AvgIpc) is 2.61. The van der Waals surface area contributed by atoms with E-state index in [1.54, 1.807) is 19.1 Å². The van der Waals surface area contributed by atoms with E-state index in [9.17, 15) is 14.7 Å². The Morgan fingerprint density at radius 2 is 1.59 bits per heavy atom. The molecule has 2 atom stereocenters. The first-order valence-corrected chi connectivity index (χ1v) is 9.18. The number of benzene rings is 1. The molecular weight excluding hydrogens is 350 g/mol. The third-order valence-corrected chi connectivity index (χ3v) is 3.51. The van der Waals surface area contributed by atoms with Crippen LogP contribution in [-0.2, 0) is 0 Å². The van der Waals surface area contributed by atoms with Crippen molar-refractivity contribution < 1.29 is 19.4 Å². The average molecular weight is 381 g/mol.